The molecule has 1 aliphatic rings. The average Bonchev–Trinajstić information content (AvgIpc) is 2.69. The number of hydrogen-bond donors (Lipinski definition) is 2. The number of carbonyl (C=O) groups excluding carboxylic acids is 2. The van der Waals surface area contributed by atoms with Crippen LogP contribution in [0.3, 0.4) is 0 Å². The van der Waals surface area contributed by atoms with Crippen molar-refractivity contribution in [2.24, 2.45) is 0 Å². The fourth-order valence-corrected chi connectivity index (χ4v) is 2.75. The molecule has 0 atom stereocenters. The van der Waals surface area contributed by atoms with Crippen molar-refractivity contribution in [2.75, 3.05) is 24.5 Å². The van der Waals surface area contributed by atoms with E-state index in [1.807, 2.05) is 31.2 Å². The highest BCUT2D eigenvalue weighted by Gasteiger charge is 2.25. The zero-order valence-corrected chi connectivity index (χ0v) is 15.4. The fraction of sp³-hybridized carbons (Fsp3) is 0.200. The van der Waals surface area contributed by atoms with Gasteiger partial charge in [-0.15, -0.1) is 0 Å². The van der Waals surface area contributed by atoms with E-state index in [1.54, 1.807) is 31.4 Å². The van der Waals surface area contributed by atoms with Gasteiger partial charge in [0.05, 0.1) is 25.6 Å². The molecule has 7 heteroatoms. The van der Waals surface area contributed by atoms with Crippen molar-refractivity contribution in [2.45, 2.75) is 13.3 Å². The summed E-state index contributed by atoms with van der Waals surface area (Å²) in [4.78, 5) is 25.0. The van der Waals surface area contributed by atoms with Crippen LogP contribution in [-0.2, 0) is 9.59 Å². The van der Waals surface area contributed by atoms with Crippen molar-refractivity contribution in [3.05, 3.63) is 59.8 Å². The Morgan fingerprint density at radius 3 is 2.63 bits per heavy atom. The first-order chi connectivity index (χ1) is 13.0. The summed E-state index contributed by atoms with van der Waals surface area (Å²) < 4.78 is 10.5. The Morgan fingerprint density at radius 1 is 1.15 bits per heavy atom. The van der Waals surface area contributed by atoms with E-state index in [0.717, 1.165) is 5.56 Å². The molecule has 1 heterocycles. The second-order valence-electron chi connectivity index (χ2n) is 5.97. The second kappa shape index (κ2) is 7.82. The lowest BCUT2D eigenvalue weighted by Crippen LogP contribution is -2.48. The van der Waals surface area contributed by atoms with Crippen LogP contribution < -0.4 is 25.2 Å². The molecule has 0 fully saturated rings. The molecule has 0 spiro atoms. The van der Waals surface area contributed by atoms with Crippen molar-refractivity contribution in [1.29, 1.82) is 0 Å². The molecule has 0 saturated heterocycles. The van der Waals surface area contributed by atoms with E-state index in [1.165, 1.54) is 12.1 Å². The Balaban J connectivity index is 1.80. The van der Waals surface area contributed by atoms with E-state index in [4.69, 9.17) is 9.47 Å². The highest BCUT2D eigenvalue weighted by atomic mass is 16.5. The Labute approximate surface area is 157 Å². The van der Waals surface area contributed by atoms with Crippen LogP contribution in [0.25, 0.3) is 0 Å². The molecule has 0 aromatic heterocycles. The number of rotatable bonds is 5. The Bertz CT molecular complexity index is 908. The van der Waals surface area contributed by atoms with E-state index in [9.17, 15) is 9.59 Å². The number of nitrogens with one attached hydrogen (secondary N) is 2. The van der Waals surface area contributed by atoms with Gasteiger partial charge in [-0.3, -0.25) is 15.0 Å². The third kappa shape index (κ3) is 3.87. The van der Waals surface area contributed by atoms with Crippen LogP contribution in [0, 0.1) is 6.92 Å². The van der Waals surface area contributed by atoms with Gasteiger partial charge >= 0.3 is 0 Å². The summed E-state index contributed by atoms with van der Waals surface area (Å²) in [6.07, 6.45) is 1.70. The molecule has 1 aliphatic heterocycles. The van der Waals surface area contributed by atoms with Gasteiger partial charge in [-0.1, -0.05) is 18.2 Å². The van der Waals surface area contributed by atoms with E-state index >= 15 is 0 Å². The van der Waals surface area contributed by atoms with E-state index in [2.05, 4.69) is 10.7 Å². The normalized spacial score (nSPS) is 13.5. The maximum atomic E-state index is 12.7. The van der Waals surface area contributed by atoms with Gasteiger partial charge in [-0.25, -0.2) is 5.01 Å². The summed E-state index contributed by atoms with van der Waals surface area (Å²) in [6.45, 7) is 1.91. The summed E-state index contributed by atoms with van der Waals surface area (Å²) >= 11 is 0. The first-order valence-electron chi connectivity index (χ1n) is 8.42. The number of benzene rings is 2. The predicted molar refractivity (Wildman–Crippen MR) is 103 cm³/mol. The van der Waals surface area contributed by atoms with Gasteiger partial charge in [-0.2, -0.15) is 0 Å². The maximum Gasteiger partial charge on any atom is 0.273 e. The van der Waals surface area contributed by atoms with Crippen molar-refractivity contribution >= 4 is 23.2 Å². The van der Waals surface area contributed by atoms with Crippen LogP contribution in [0.4, 0.5) is 11.4 Å². The lowest BCUT2D eigenvalue weighted by molar-refractivity contribution is -0.119. The largest absolute Gasteiger partial charge is 0.497 e. The molecule has 2 aromatic rings. The number of aryl methyl sites for hydroxylation is 1. The molecule has 0 saturated carbocycles. The Morgan fingerprint density at radius 2 is 1.93 bits per heavy atom. The molecular formula is C20H21N3O4. The first-order valence-corrected chi connectivity index (χ1v) is 8.42. The van der Waals surface area contributed by atoms with Crippen molar-refractivity contribution in [3.63, 3.8) is 0 Å². The number of para-hydroxylation sites is 1. The Kier molecular flexibility index (Phi) is 5.30. The van der Waals surface area contributed by atoms with Gasteiger partial charge in [0.25, 0.3) is 5.91 Å². The molecule has 0 unspecified atom stereocenters. The van der Waals surface area contributed by atoms with Gasteiger partial charge in [-0.05, 0) is 36.8 Å². The van der Waals surface area contributed by atoms with Gasteiger partial charge < -0.3 is 14.8 Å². The molecule has 27 heavy (non-hydrogen) atoms. The third-order valence-corrected chi connectivity index (χ3v) is 4.22. The summed E-state index contributed by atoms with van der Waals surface area (Å²) in [5, 5.41) is 4.19. The number of ether oxygens (including phenoxy) is 2. The number of hydrazine groups is 1. The first kappa shape index (κ1) is 18.3. The average molecular weight is 367 g/mol. The SMILES string of the molecule is COc1ccc(NC(=O)C2=CCC(=O)N(c3ccccc3C)N2)c(OC)c1. The summed E-state index contributed by atoms with van der Waals surface area (Å²) in [7, 11) is 3.07. The molecule has 2 amide bonds. The van der Waals surface area contributed by atoms with E-state index < -0.39 is 0 Å². The standard InChI is InChI=1S/C20H21N3O4/c1-13-6-4-5-7-17(13)23-19(24)11-10-16(22-23)20(25)21-15-9-8-14(26-2)12-18(15)27-3/h4-10,12,22H,11H2,1-3H3,(H,21,25). The predicted octanol–water partition coefficient (Wildman–Crippen LogP) is 2.78. The highest BCUT2D eigenvalue weighted by Crippen LogP contribution is 2.29. The number of nitrogens with zero attached hydrogens (tertiary/aromatic N) is 1. The number of methoxy groups -OCH3 is 2. The van der Waals surface area contributed by atoms with E-state index in [0.29, 0.717) is 22.9 Å². The van der Waals surface area contributed by atoms with Gasteiger partial charge in [0.2, 0.25) is 5.91 Å². The quantitative estimate of drug-likeness (QED) is 0.849. The van der Waals surface area contributed by atoms with E-state index in [-0.39, 0.29) is 23.9 Å². The number of carbonyl (C=O) groups is 2. The smallest absolute Gasteiger partial charge is 0.273 e. The van der Waals surface area contributed by atoms with Crippen LogP contribution >= 0.6 is 0 Å². The van der Waals surface area contributed by atoms with Crippen LogP contribution in [0.15, 0.2) is 54.2 Å². The zero-order chi connectivity index (χ0) is 19.4. The molecule has 0 radical (unpaired) electrons. The lowest BCUT2D eigenvalue weighted by Gasteiger charge is -2.29. The fourth-order valence-electron chi connectivity index (χ4n) is 2.75. The minimum Gasteiger partial charge on any atom is -0.497 e. The molecule has 0 bridgehead atoms. The molecule has 3 rings (SSSR count). The molecule has 2 N–H and O–H groups in total. The van der Waals surface area contributed by atoms with Gasteiger partial charge in [0.15, 0.2) is 0 Å². The monoisotopic (exact) mass is 367 g/mol. The molecule has 0 aliphatic carbocycles. The van der Waals surface area contributed by atoms with Crippen LogP contribution in [0.1, 0.15) is 12.0 Å². The number of anilines is 2. The lowest BCUT2D eigenvalue weighted by atomic mass is 10.1. The summed E-state index contributed by atoms with van der Waals surface area (Å²) in [5.74, 6) is 0.592. The Hall–Kier alpha value is -3.48. The zero-order valence-electron chi connectivity index (χ0n) is 15.4. The molecular weight excluding hydrogens is 346 g/mol. The van der Waals surface area contributed by atoms with Crippen molar-refractivity contribution in [1.82, 2.24) is 5.43 Å². The molecule has 140 valence electrons. The van der Waals surface area contributed by atoms with Crippen molar-refractivity contribution < 1.29 is 19.1 Å². The molecule has 2 aromatic carbocycles. The highest BCUT2D eigenvalue weighted by molar-refractivity contribution is 6.07. The summed E-state index contributed by atoms with van der Waals surface area (Å²) in [5.41, 5.74) is 5.34. The van der Waals surface area contributed by atoms with Gasteiger partial charge in [0.1, 0.15) is 17.2 Å². The number of hydrogen-bond acceptors (Lipinski definition) is 5. The van der Waals surface area contributed by atoms with Crippen LogP contribution in [0.2, 0.25) is 0 Å². The van der Waals surface area contributed by atoms with Crippen LogP contribution in [0.5, 0.6) is 11.5 Å². The molecule has 7 nitrogen and oxygen atoms in total. The van der Waals surface area contributed by atoms with Gasteiger partial charge in [0, 0.05) is 12.5 Å². The third-order valence-electron chi connectivity index (χ3n) is 4.22. The number of amides is 2. The topological polar surface area (TPSA) is 79.9 Å². The minimum absolute atomic E-state index is 0.129. The second-order valence-corrected chi connectivity index (χ2v) is 5.97. The minimum atomic E-state index is -0.371. The summed E-state index contributed by atoms with van der Waals surface area (Å²) in [6, 6.07) is 12.6. The van der Waals surface area contributed by atoms with Crippen LogP contribution in [-0.4, -0.2) is 26.0 Å². The van der Waals surface area contributed by atoms with Crippen molar-refractivity contribution in [3.8, 4) is 11.5 Å². The maximum absolute atomic E-state index is 12.7.